The van der Waals surface area contributed by atoms with Gasteiger partial charge in [-0.25, -0.2) is 0 Å². The van der Waals surface area contributed by atoms with Crippen LogP contribution in [0, 0.1) is 5.92 Å². The molecule has 3 aliphatic rings. The van der Waals surface area contributed by atoms with Gasteiger partial charge in [0.15, 0.2) is 5.78 Å². The lowest BCUT2D eigenvalue weighted by Crippen LogP contribution is -2.45. The number of carboxylic acid groups (broad SMARTS) is 1. The second-order valence-electron chi connectivity index (χ2n) is 4.75. The van der Waals surface area contributed by atoms with Crippen LogP contribution in [0.4, 0.5) is 0 Å². The van der Waals surface area contributed by atoms with E-state index in [1.807, 2.05) is 6.08 Å². The van der Waals surface area contributed by atoms with E-state index in [1.54, 1.807) is 18.2 Å². The first-order valence-electron chi connectivity index (χ1n) is 5.91. The van der Waals surface area contributed by atoms with E-state index in [-0.39, 0.29) is 11.7 Å². The fraction of sp³-hybridized carbons (Fsp3) is 0.500. The number of hydroxylamine groups is 2. The van der Waals surface area contributed by atoms with E-state index >= 15 is 0 Å². The molecule has 1 aliphatic carbocycles. The first-order chi connectivity index (χ1) is 8.58. The van der Waals surface area contributed by atoms with Crippen LogP contribution in [0.1, 0.15) is 12.8 Å². The Morgan fingerprint density at radius 3 is 3.11 bits per heavy atom. The number of aliphatic carboxylic acids is 1. The lowest BCUT2D eigenvalue weighted by Gasteiger charge is -2.36. The molecule has 3 atom stereocenters. The van der Waals surface area contributed by atoms with Crippen molar-refractivity contribution in [1.82, 2.24) is 10.4 Å². The van der Waals surface area contributed by atoms with Gasteiger partial charge in [-0.2, -0.15) is 0 Å². The largest absolute Gasteiger partial charge is 0.480 e. The standard InChI is InChI=1S/C12H14N2O4/c1-14-8-3-2-4-9(15)10(8)6-5-7(12(16)17)13-11(6)18-14/h2-3,6-7,11,13H,4-5H2,1H3,(H,16,17). The Balaban J connectivity index is 1.98. The Morgan fingerprint density at radius 2 is 2.39 bits per heavy atom. The smallest absolute Gasteiger partial charge is 0.320 e. The van der Waals surface area contributed by atoms with Crippen molar-refractivity contribution in [2.45, 2.75) is 25.1 Å². The Kier molecular flexibility index (Phi) is 2.49. The van der Waals surface area contributed by atoms with Crippen LogP contribution in [0.2, 0.25) is 0 Å². The van der Waals surface area contributed by atoms with Gasteiger partial charge in [0.05, 0.1) is 5.70 Å². The van der Waals surface area contributed by atoms with Crippen LogP contribution in [0.5, 0.6) is 0 Å². The van der Waals surface area contributed by atoms with Gasteiger partial charge in [0.2, 0.25) is 0 Å². The molecule has 2 aliphatic heterocycles. The molecule has 0 saturated carbocycles. The molecule has 0 aromatic carbocycles. The van der Waals surface area contributed by atoms with Crippen molar-refractivity contribution in [1.29, 1.82) is 0 Å². The molecular formula is C12H14N2O4. The highest BCUT2D eigenvalue weighted by atomic mass is 16.7. The topological polar surface area (TPSA) is 78.9 Å². The summed E-state index contributed by atoms with van der Waals surface area (Å²) in [5.41, 5.74) is 1.45. The molecule has 0 aromatic heterocycles. The second kappa shape index (κ2) is 3.93. The highest BCUT2D eigenvalue weighted by Crippen LogP contribution is 2.38. The van der Waals surface area contributed by atoms with Crippen molar-refractivity contribution >= 4 is 11.8 Å². The van der Waals surface area contributed by atoms with Gasteiger partial charge < -0.3 is 5.11 Å². The highest BCUT2D eigenvalue weighted by Gasteiger charge is 2.46. The predicted octanol–water partition coefficient (Wildman–Crippen LogP) is 0.0353. The molecular weight excluding hydrogens is 236 g/mol. The van der Waals surface area contributed by atoms with E-state index in [4.69, 9.17) is 9.94 Å². The summed E-state index contributed by atoms with van der Waals surface area (Å²) in [6.07, 6.45) is 4.02. The zero-order valence-corrected chi connectivity index (χ0v) is 9.92. The van der Waals surface area contributed by atoms with E-state index < -0.39 is 18.2 Å². The van der Waals surface area contributed by atoms with Crippen molar-refractivity contribution in [2.75, 3.05) is 7.05 Å². The minimum Gasteiger partial charge on any atom is -0.480 e. The van der Waals surface area contributed by atoms with Crippen molar-refractivity contribution < 1.29 is 19.5 Å². The molecule has 3 rings (SSSR count). The predicted molar refractivity (Wildman–Crippen MR) is 61.1 cm³/mol. The molecule has 1 saturated heterocycles. The molecule has 2 heterocycles. The number of hydrogen-bond donors (Lipinski definition) is 2. The third kappa shape index (κ3) is 1.57. The summed E-state index contributed by atoms with van der Waals surface area (Å²) in [6.45, 7) is 0. The monoisotopic (exact) mass is 250 g/mol. The summed E-state index contributed by atoms with van der Waals surface area (Å²) in [6, 6.07) is -0.654. The van der Waals surface area contributed by atoms with Gasteiger partial charge in [-0.1, -0.05) is 6.08 Å². The van der Waals surface area contributed by atoms with Crippen molar-refractivity contribution in [3.63, 3.8) is 0 Å². The van der Waals surface area contributed by atoms with Gasteiger partial charge in [-0.15, -0.1) is 0 Å². The third-order valence-electron chi connectivity index (χ3n) is 3.66. The van der Waals surface area contributed by atoms with Crippen LogP contribution in [-0.2, 0) is 14.4 Å². The average molecular weight is 250 g/mol. The Morgan fingerprint density at radius 1 is 1.61 bits per heavy atom. The molecule has 3 unspecified atom stereocenters. The number of fused-ring (bicyclic) bond motifs is 2. The second-order valence-corrected chi connectivity index (χ2v) is 4.75. The summed E-state index contributed by atoms with van der Waals surface area (Å²) >= 11 is 0. The van der Waals surface area contributed by atoms with Gasteiger partial charge in [0, 0.05) is 25.0 Å². The molecule has 0 bridgehead atoms. The van der Waals surface area contributed by atoms with Crippen molar-refractivity contribution in [3.8, 4) is 0 Å². The minimum absolute atomic E-state index is 0.0606. The van der Waals surface area contributed by atoms with Crippen molar-refractivity contribution in [3.05, 3.63) is 23.4 Å². The zero-order chi connectivity index (χ0) is 12.9. The quantitative estimate of drug-likeness (QED) is 0.684. The number of hydrogen-bond acceptors (Lipinski definition) is 5. The maximum absolute atomic E-state index is 12.0. The van der Waals surface area contributed by atoms with Gasteiger partial charge in [0.25, 0.3) is 0 Å². The van der Waals surface area contributed by atoms with Crippen LogP contribution in [0.3, 0.4) is 0 Å². The number of carboxylic acids is 1. The van der Waals surface area contributed by atoms with Crippen LogP contribution >= 0.6 is 0 Å². The van der Waals surface area contributed by atoms with Gasteiger partial charge in [-0.05, 0) is 12.5 Å². The number of ketones is 1. The molecule has 0 amide bonds. The van der Waals surface area contributed by atoms with E-state index in [0.29, 0.717) is 18.4 Å². The third-order valence-corrected chi connectivity index (χ3v) is 3.66. The highest BCUT2D eigenvalue weighted by molar-refractivity contribution is 5.99. The molecule has 18 heavy (non-hydrogen) atoms. The maximum atomic E-state index is 12.0. The molecule has 96 valence electrons. The molecule has 2 N–H and O–H groups in total. The number of Topliss-reactive ketones (excluding diaryl/α,β-unsaturated/α-hetero) is 1. The van der Waals surface area contributed by atoms with Crippen LogP contribution in [-0.4, -0.2) is 41.2 Å². The summed E-state index contributed by atoms with van der Waals surface area (Å²) in [5, 5.41) is 13.5. The fourth-order valence-electron chi connectivity index (χ4n) is 2.82. The SMILES string of the molecule is CN1OC2NC(C(=O)O)CC2C2=C1C=CCC2=O. The normalized spacial score (nSPS) is 34.6. The molecule has 1 fully saturated rings. The van der Waals surface area contributed by atoms with E-state index in [1.165, 1.54) is 0 Å². The Hall–Kier alpha value is -1.66. The van der Waals surface area contributed by atoms with E-state index in [0.717, 1.165) is 5.70 Å². The van der Waals surface area contributed by atoms with Gasteiger partial charge in [-0.3, -0.25) is 24.8 Å². The molecule has 0 spiro atoms. The molecule has 6 nitrogen and oxygen atoms in total. The number of nitrogens with one attached hydrogen (secondary N) is 1. The number of nitrogens with zero attached hydrogens (tertiary/aromatic N) is 1. The lowest BCUT2D eigenvalue weighted by molar-refractivity contribution is -0.185. The molecule has 6 heteroatoms. The zero-order valence-electron chi connectivity index (χ0n) is 9.92. The Bertz CT molecular complexity index is 482. The minimum atomic E-state index is -0.906. The number of rotatable bonds is 1. The first-order valence-corrected chi connectivity index (χ1v) is 5.91. The van der Waals surface area contributed by atoms with Crippen LogP contribution < -0.4 is 5.32 Å². The number of carbonyl (C=O) groups is 2. The van der Waals surface area contributed by atoms with Crippen molar-refractivity contribution in [2.24, 2.45) is 5.92 Å². The number of likely N-dealkylation sites (N-methyl/N-ethyl adjacent to an activating group) is 1. The van der Waals surface area contributed by atoms with Gasteiger partial charge in [0.1, 0.15) is 12.3 Å². The molecule has 0 aromatic rings. The average Bonchev–Trinajstić information content (AvgIpc) is 2.73. The lowest BCUT2D eigenvalue weighted by atomic mass is 9.85. The fourth-order valence-corrected chi connectivity index (χ4v) is 2.82. The number of allylic oxidation sites excluding steroid dienone is 2. The first kappa shape index (κ1) is 11.4. The summed E-state index contributed by atoms with van der Waals surface area (Å²) in [5.74, 6) is -1.02. The van der Waals surface area contributed by atoms with E-state index in [2.05, 4.69) is 5.32 Å². The summed E-state index contributed by atoms with van der Waals surface area (Å²) in [4.78, 5) is 28.7. The van der Waals surface area contributed by atoms with Gasteiger partial charge >= 0.3 is 5.97 Å². The van der Waals surface area contributed by atoms with E-state index in [9.17, 15) is 9.59 Å². The summed E-state index contributed by atoms with van der Waals surface area (Å²) < 4.78 is 0. The number of carbonyl (C=O) groups excluding carboxylic acids is 1. The summed E-state index contributed by atoms with van der Waals surface area (Å²) in [7, 11) is 1.73. The van der Waals surface area contributed by atoms with Crippen LogP contribution in [0.25, 0.3) is 0 Å². The Labute approximate surface area is 104 Å². The molecule has 0 radical (unpaired) electrons. The van der Waals surface area contributed by atoms with Crippen LogP contribution in [0.15, 0.2) is 23.4 Å². The maximum Gasteiger partial charge on any atom is 0.320 e.